The highest BCUT2D eigenvalue weighted by atomic mass is 32.2. The van der Waals surface area contributed by atoms with E-state index in [1.54, 1.807) is 48.5 Å². The van der Waals surface area contributed by atoms with Crippen LogP contribution in [0.15, 0.2) is 71.9 Å². The number of sulfonamides is 1. The Morgan fingerprint density at radius 3 is 2.57 bits per heavy atom. The third kappa shape index (κ3) is 4.86. The van der Waals surface area contributed by atoms with Crippen molar-refractivity contribution in [2.24, 2.45) is 5.73 Å². The summed E-state index contributed by atoms with van der Waals surface area (Å²) in [4.78, 5) is 15.3. The average Bonchev–Trinajstić information content (AvgIpc) is 2.67. The number of ether oxygens (including phenoxy) is 1. The number of anilines is 1. The van der Waals surface area contributed by atoms with Gasteiger partial charge in [0.25, 0.3) is 10.0 Å². The molecule has 0 unspecified atom stereocenters. The highest BCUT2D eigenvalue weighted by Crippen LogP contribution is 2.19. The van der Waals surface area contributed by atoms with Crippen LogP contribution in [0.3, 0.4) is 0 Å². The van der Waals surface area contributed by atoms with Gasteiger partial charge in [0.2, 0.25) is 5.91 Å². The van der Waals surface area contributed by atoms with Gasteiger partial charge < -0.3 is 10.5 Å². The maximum atomic E-state index is 12.5. The lowest BCUT2D eigenvalue weighted by Crippen LogP contribution is -2.13. The van der Waals surface area contributed by atoms with Crippen molar-refractivity contribution in [2.45, 2.75) is 18.4 Å². The number of hydrogen-bond donors (Lipinski definition) is 2. The summed E-state index contributed by atoms with van der Waals surface area (Å²) in [5, 5.41) is 0. The van der Waals surface area contributed by atoms with Crippen LogP contribution < -0.4 is 15.2 Å². The Morgan fingerprint density at radius 1 is 1.11 bits per heavy atom. The van der Waals surface area contributed by atoms with Gasteiger partial charge >= 0.3 is 0 Å². The fraction of sp³-hybridized carbons (Fsp3) is 0.100. The first-order valence-corrected chi connectivity index (χ1v) is 9.88. The number of aromatic nitrogens is 1. The molecule has 0 spiro atoms. The van der Waals surface area contributed by atoms with Crippen LogP contribution >= 0.6 is 0 Å². The highest BCUT2D eigenvalue weighted by molar-refractivity contribution is 7.92. The molecule has 1 heterocycles. The van der Waals surface area contributed by atoms with Crippen molar-refractivity contribution >= 4 is 21.6 Å². The van der Waals surface area contributed by atoms with Crippen LogP contribution in [0.5, 0.6) is 5.75 Å². The Balaban J connectivity index is 1.71. The smallest absolute Gasteiger partial charge is 0.261 e. The maximum Gasteiger partial charge on any atom is 0.261 e. The molecule has 3 rings (SSSR count). The normalized spacial score (nSPS) is 11.0. The fourth-order valence-electron chi connectivity index (χ4n) is 2.46. The molecule has 8 heteroatoms. The van der Waals surface area contributed by atoms with E-state index in [2.05, 4.69) is 9.71 Å². The number of benzene rings is 2. The van der Waals surface area contributed by atoms with E-state index in [9.17, 15) is 13.2 Å². The molecule has 28 heavy (non-hydrogen) atoms. The topological polar surface area (TPSA) is 111 Å². The van der Waals surface area contributed by atoms with Gasteiger partial charge in [-0.2, -0.15) is 0 Å². The molecule has 7 nitrogen and oxygen atoms in total. The van der Waals surface area contributed by atoms with Crippen LogP contribution in [0.2, 0.25) is 0 Å². The predicted molar refractivity (Wildman–Crippen MR) is 106 cm³/mol. The van der Waals surface area contributed by atoms with Gasteiger partial charge in [0.1, 0.15) is 12.4 Å². The summed E-state index contributed by atoms with van der Waals surface area (Å²) >= 11 is 0. The molecule has 0 aliphatic carbocycles. The molecule has 0 radical (unpaired) electrons. The number of amides is 1. The number of aryl methyl sites for hydroxylation is 1. The molecular weight excluding hydrogens is 378 g/mol. The molecular formula is C20H19N3O4S. The van der Waals surface area contributed by atoms with Crippen molar-refractivity contribution in [1.82, 2.24) is 4.98 Å². The third-order valence-electron chi connectivity index (χ3n) is 3.91. The van der Waals surface area contributed by atoms with Crippen molar-refractivity contribution in [1.29, 1.82) is 0 Å². The van der Waals surface area contributed by atoms with Crippen LogP contribution in [0.4, 0.5) is 5.69 Å². The third-order valence-corrected chi connectivity index (χ3v) is 5.31. The van der Waals surface area contributed by atoms with E-state index in [0.717, 1.165) is 11.1 Å². The molecule has 0 saturated carbocycles. The quantitative estimate of drug-likeness (QED) is 0.637. The second kappa shape index (κ2) is 8.10. The molecule has 2 aromatic carbocycles. The number of nitrogens with two attached hydrogens (primary N) is 1. The lowest BCUT2D eigenvalue weighted by Gasteiger charge is -2.11. The molecule has 0 aliphatic heterocycles. The summed E-state index contributed by atoms with van der Waals surface area (Å²) in [6.45, 7) is 2.06. The summed E-state index contributed by atoms with van der Waals surface area (Å²) in [6.07, 6.45) is 2.83. The van der Waals surface area contributed by atoms with Gasteiger partial charge in [-0.3, -0.25) is 14.5 Å². The van der Waals surface area contributed by atoms with Crippen molar-refractivity contribution < 1.29 is 17.9 Å². The van der Waals surface area contributed by atoms with E-state index in [-0.39, 0.29) is 17.1 Å². The molecule has 1 amide bonds. The first-order chi connectivity index (χ1) is 13.3. The van der Waals surface area contributed by atoms with Gasteiger partial charge in [0.15, 0.2) is 0 Å². The zero-order valence-electron chi connectivity index (χ0n) is 15.1. The molecule has 0 bridgehead atoms. The van der Waals surface area contributed by atoms with Crippen LogP contribution in [0, 0.1) is 6.92 Å². The summed E-state index contributed by atoms with van der Waals surface area (Å²) < 4.78 is 33.2. The second-order valence-corrected chi connectivity index (χ2v) is 7.86. The number of hydrogen-bond acceptors (Lipinski definition) is 5. The van der Waals surface area contributed by atoms with Crippen molar-refractivity contribution in [3.05, 3.63) is 83.7 Å². The summed E-state index contributed by atoms with van der Waals surface area (Å²) in [5.74, 6) is -0.201. The van der Waals surface area contributed by atoms with Crippen LogP contribution in [-0.4, -0.2) is 19.3 Å². The Morgan fingerprint density at radius 2 is 1.86 bits per heavy atom. The van der Waals surface area contributed by atoms with E-state index in [0.29, 0.717) is 11.4 Å². The van der Waals surface area contributed by atoms with Gasteiger partial charge in [-0.25, -0.2) is 8.42 Å². The minimum atomic E-state index is -3.68. The van der Waals surface area contributed by atoms with E-state index in [1.807, 2.05) is 6.92 Å². The summed E-state index contributed by atoms with van der Waals surface area (Å²) in [6, 6.07) is 15.0. The maximum absolute atomic E-state index is 12.5. The number of primary amides is 1. The number of carbonyl (C=O) groups excluding carboxylic acids is 1. The molecule has 3 N–H and O–H groups in total. The Hall–Kier alpha value is -3.39. The van der Waals surface area contributed by atoms with Gasteiger partial charge in [0, 0.05) is 11.9 Å². The Kier molecular flexibility index (Phi) is 5.60. The molecule has 0 fully saturated rings. The zero-order valence-corrected chi connectivity index (χ0v) is 15.9. The van der Waals surface area contributed by atoms with E-state index in [1.165, 1.54) is 18.5 Å². The van der Waals surface area contributed by atoms with Gasteiger partial charge in [-0.05, 0) is 42.8 Å². The molecule has 0 atom stereocenters. The second-order valence-electron chi connectivity index (χ2n) is 6.18. The lowest BCUT2D eigenvalue weighted by molar-refractivity contribution is 0.0999. The number of pyridine rings is 1. The number of nitrogens with one attached hydrogen (secondary N) is 1. The predicted octanol–water partition coefficient (Wildman–Crippen LogP) is 2.87. The Labute approximate surface area is 163 Å². The van der Waals surface area contributed by atoms with Gasteiger partial charge in [-0.15, -0.1) is 0 Å². The molecule has 144 valence electrons. The minimum absolute atomic E-state index is 0.171. The SMILES string of the molecule is Cc1ccc(S(=O)(=O)Nc2cccc(COc3cncc(C(N)=O)c3)c2)cc1. The molecule has 1 aromatic heterocycles. The zero-order chi connectivity index (χ0) is 20.1. The Bertz CT molecular complexity index is 1100. The number of rotatable bonds is 7. The molecule has 0 aliphatic rings. The lowest BCUT2D eigenvalue weighted by atomic mass is 10.2. The fourth-order valence-corrected chi connectivity index (χ4v) is 3.50. The largest absolute Gasteiger partial charge is 0.487 e. The standard InChI is InChI=1S/C20H19N3O4S/c1-14-5-7-19(8-6-14)28(25,26)23-17-4-2-3-15(9-17)13-27-18-10-16(20(21)24)11-22-12-18/h2-12,23H,13H2,1H3,(H2,21,24). The van der Waals surface area contributed by atoms with Crippen LogP contribution in [-0.2, 0) is 16.6 Å². The number of carbonyl (C=O) groups is 1. The van der Waals surface area contributed by atoms with Crippen LogP contribution in [0.1, 0.15) is 21.5 Å². The van der Waals surface area contributed by atoms with E-state index < -0.39 is 15.9 Å². The first kappa shape index (κ1) is 19.4. The summed E-state index contributed by atoms with van der Waals surface area (Å²) in [7, 11) is -3.68. The monoisotopic (exact) mass is 397 g/mol. The summed E-state index contributed by atoms with van der Waals surface area (Å²) in [5.41, 5.74) is 7.62. The van der Waals surface area contributed by atoms with Crippen molar-refractivity contribution in [3.8, 4) is 5.75 Å². The van der Waals surface area contributed by atoms with Crippen LogP contribution in [0.25, 0.3) is 0 Å². The van der Waals surface area contributed by atoms with Gasteiger partial charge in [-0.1, -0.05) is 29.8 Å². The van der Waals surface area contributed by atoms with Crippen molar-refractivity contribution in [3.63, 3.8) is 0 Å². The van der Waals surface area contributed by atoms with Crippen molar-refractivity contribution in [2.75, 3.05) is 4.72 Å². The van der Waals surface area contributed by atoms with E-state index in [4.69, 9.17) is 10.5 Å². The number of nitrogens with zero attached hydrogens (tertiary/aromatic N) is 1. The average molecular weight is 397 g/mol. The van der Waals surface area contributed by atoms with Gasteiger partial charge in [0.05, 0.1) is 16.7 Å². The highest BCUT2D eigenvalue weighted by Gasteiger charge is 2.14. The first-order valence-electron chi connectivity index (χ1n) is 8.39. The molecule has 0 saturated heterocycles. The van der Waals surface area contributed by atoms with E-state index >= 15 is 0 Å². The molecule has 3 aromatic rings. The minimum Gasteiger partial charge on any atom is -0.487 e.